The van der Waals surface area contributed by atoms with Crippen LogP contribution in [0, 0.1) is 13.8 Å². The van der Waals surface area contributed by atoms with E-state index in [2.05, 4.69) is 92.1 Å². The zero-order valence-electron chi connectivity index (χ0n) is 73.6. The Morgan fingerprint density at radius 3 is 1.16 bits per heavy atom. The molecule has 0 aliphatic rings. The fraction of sp³-hybridized carbons (Fsp3) is 0.709. The molecule has 120 heavy (non-hydrogen) atoms. The van der Waals surface area contributed by atoms with Gasteiger partial charge in [-0.3, -0.25) is 43.2 Å². The zero-order valence-corrected chi connectivity index (χ0v) is 75.3. The molecule has 0 radical (unpaired) electrons. The topological polar surface area (TPSA) is 517 Å². The Hall–Kier alpha value is -8.81. The monoisotopic (exact) mass is 1740 g/mol. The minimum absolute atomic E-state index is 0.0306. The van der Waals surface area contributed by atoms with Gasteiger partial charge in [0.1, 0.15) is 58.6 Å². The first-order valence-corrected chi connectivity index (χ1v) is 44.5. The predicted octanol–water partition coefficient (Wildman–Crippen LogP) is 12.4. The number of nitrogens with one attached hydrogen (secondary N) is 5. The third-order valence-corrected chi connectivity index (χ3v) is 22.5. The zero-order chi connectivity index (χ0) is 89.9. The van der Waals surface area contributed by atoms with E-state index in [-0.39, 0.29) is 106 Å². The van der Waals surface area contributed by atoms with Crippen LogP contribution in [0.4, 0.5) is 16.4 Å². The Morgan fingerprint density at radius 1 is 0.475 bits per heavy atom. The van der Waals surface area contributed by atoms with Crippen LogP contribution in [0.15, 0.2) is 52.6 Å². The molecule has 0 aliphatic carbocycles. The summed E-state index contributed by atoms with van der Waals surface area (Å²) in [5.74, 6) is -4.33. The predicted molar refractivity (Wildman–Crippen MR) is 444 cm³/mol. The number of nitrogen functional groups attached to an aromatic ring is 1. The van der Waals surface area contributed by atoms with Crippen molar-refractivity contribution in [3.63, 3.8) is 0 Å². The number of amides is 1. The van der Waals surface area contributed by atoms with Crippen LogP contribution in [-0.4, -0.2) is 171 Å². The molecule has 6 rings (SSSR count). The lowest BCUT2D eigenvalue weighted by molar-refractivity contribution is -0.151. The minimum atomic E-state index is -3.92. The number of ether oxygens (including phenoxy) is 9. The first-order chi connectivity index (χ1) is 56.1. The first-order valence-electron chi connectivity index (χ1n) is 40.7. The van der Waals surface area contributed by atoms with Gasteiger partial charge in [0.15, 0.2) is 64.7 Å². The molecule has 2 atom stereocenters. The number of aromatic nitrogens is 8. The van der Waals surface area contributed by atoms with E-state index < -0.39 is 120 Å². The molecule has 41 heteroatoms. The van der Waals surface area contributed by atoms with Crippen molar-refractivity contribution in [3.05, 3.63) is 69.6 Å². The minimum Gasteiger partial charge on any atom is -0.464 e. The highest BCUT2D eigenvalue weighted by Crippen LogP contribution is 2.44. The Kier molecular flexibility index (Phi) is 42.0. The fourth-order valence-electron chi connectivity index (χ4n) is 11.4. The summed E-state index contributed by atoms with van der Waals surface area (Å²) in [6.07, 6.45) is 17.5. The van der Waals surface area contributed by atoms with Crippen molar-refractivity contribution in [1.29, 1.82) is 0 Å². The van der Waals surface area contributed by atoms with Crippen LogP contribution in [0.5, 0.6) is 0 Å². The number of carbonyl (C=O) groups excluding carboxylic acids is 7. The molecule has 6 heterocycles. The maximum atomic E-state index is 14.7. The molecule has 0 aliphatic heterocycles. The normalized spacial score (nSPS) is 12.8. The van der Waals surface area contributed by atoms with E-state index in [1.54, 1.807) is 77.8 Å². The molecule has 6 aromatic rings. The second kappa shape index (κ2) is 48.7. The lowest BCUT2D eigenvalue weighted by Gasteiger charge is -2.35. The number of carbonyl (C=O) groups is 7. The molecule has 0 saturated heterocycles. The number of hydrogen-bond donors (Lipinski definition) is 7. The average Bonchev–Trinajstić information content (AvgIpc) is 1.30. The van der Waals surface area contributed by atoms with E-state index in [0.29, 0.717) is 36.2 Å². The summed E-state index contributed by atoms with van der Waals surface area (Å²) in [5.41, 5.74) is -0.496. The number of rotatable bonds is 52. The SMILES string of the molecule is CCCCCCOC(=O)C(C)(C)NP(=O)(CO[C@H](C)Cn1cnc2c(N)ncnc21)NC(C)(C)C(=O)OCCCCCC.CCCCCCOC(=O)C(C)(C)NP(=O)(CO[C@H](C)Cn1cnc2c(NC(=O)OC(C)(C)CC(=O)OCc3oc(=O)oc3C)ncnc21)NC(C)(C)C(=O)OCCCCCC.Cc1oc(=O)oc1COC(=O)CC(C)(C)O. The number of aryl methyl sites for hydroxylation is 2. The highest BCUT2D eigenvalue weighted by molar-refractivity contribution is 7.60. The van der Waals surface area contributed by atoms with Crippen LogP contribution in [0.1, 0.15) is 263 Å². The number of anilines is 2. The molecule has 0 spiro atoms. The van der Waals surface area contributed by atoms with Crippen molar-refractivity contribution in [3.8, 4) is 0 Å². The Labute approximate surface area is 700 Å². The van der Waals surface area contributed by atoms with Crippen molar-refractivity contribution in [1.82, 2.24) is 59.4 Å². The number of unbranched alkanes of at least 4 members (excludes halogenated alkanes) is 12. The van der Waals surface area contributed by atoms with Crippen LogP contribution >= 0.6 is 14.9 Å². The van der Waals surface area contributed by atoms with Gasteiger partial charge in [-0.2, -0.15) is 0 Å². The molecule has 0 saturated carbocycles. The highest BCUT2D eigenvalue weighted by Gasteiger charge is 2.45. The summed E-state index contributed by atoms with van der Waals surface area (Å²) < 4.78 is 101. The standard InChI is InChI=1S/C40H64N7O13P.C29H52N7O6P.C10H14O6/c1-11-13-15-17-19-54-34(49)39(7,8)45-61(53,46-40(9,10)35(50)55-20-18-16-14-12-2)26-57-27(3)22-47-25-43-31-32(41-24-42-33(31)47)44-36(51)60-38(5,6)21-30(48)56-23-29-28(4)58-37(52)59-29;1-8-10-12-14-16-40-26(37)28(4,5)34-43(39,35-29(6,7)27(38)41-17-15-13-11-9-2)21-42-22(3)18-36-20-33-23-24(30)31-19-32-25(23)36;1-6-7(16-9(12)15-6)5-14-8(11)4-10(2,3)13/h24-25,27H,11-23,26H2,1-10H3,(H2,45,46,53)(H,41,42,44,51);19-20,22H,8-18,21H2,1-7H3,(H2,30,31,32)(H2,34,35,39);13H,4-5H2,1-3H3/t27-;22-;/m11./s1. The Morgan fingerprint density at radius 2 is 0.817 bits per heavy atom. The van der Waals surface area contributed by atoms with Crippen LogP contribution in [0.3, 0.4) is 0 Å². The second-order valence-electron chi connectivity index (χ2n) is 32.7. The molecule has 39 nitrogen and oxygen atoms in total. The molecule has 0 bridgehead atoms. The van der Waals surface area contributed by atoms with Gasteiger partial charge < -0.3 is 80.3 Å². The summed E-state index contributed by atoms with van der Waals surface area (Å²) >= 11 is 0. The molecule has 676 valence electrons. The van der Waals surface area contributed by atoms with Gasteiger partial charge in [-0.05, 0) is 136 Å². The van der Waals surface area contributed by atoms with Gasteiger partial charge >= 0.3 is 53.6 Å². The van der Waals surface area contributed by atoms with Gasteiger partial charge in [0, 0.05) is 0 Å². The Balaban J connectivity index is 0.000000441. The Bertz CT molecular complexity index is 4370. The largest absolute Gasteiger partial charge is 0.519 e. The lowest BCUT2D eigenvalue weighted by Crippen LogP contribution is -2.54. The third-order valence-electron chi connectivity index (χ3n) is 17.8. The van der Waals surface area contributed by atoms with Crippen molar-refractivity contribution >= 4 is 90.8 Å². The lowest BCUT2D eigenvalue weighted by atomic mass is 10.1. The van der Waals surface area contributed by atoms with Gasteiger partial charge in [0.05, 0.1) is 82.8 Å². The van der Waals surface area contributed by atoms with Gasteiger partial charge in [-0.25, -0.2) is 64.6 Å². The number of fused-ring (bicyclic) bond motifs is 2. The first kappa shape index (κ1) is 104. The van der Waals surface area contributed by atoms with E-state index in [4.69, 9.17) is 57.2 Å². The highest BCUT2D eigenvalue weighted by atomic mass is 31.2. The molecular weight excluding hydrogens is 1610 g/mol. The van der Waals surface area contributed by atoms with Gasteiger partial charge in [-0.1, -0.05) is 105 Å². The maximum Gasteiger partial charge on any atom is 0.519 e. The fourth-order valence-corrected chi connectivity index (χ4v) is 16.7. The number of nitrogens with zero attached hydrogens (tertiary/aromatic N) is 8. The smallest absolute Gasteiger partial charge is 0.464 e. The molecule has 6 aromatic heterocycles. The van der Waals surface area contributed by atoms with Gasteiger partial charge in [0.25, 0.3) is 0 Å². The summed E-state index contributed by atoms with van der Waals surface area (Å²) in [4.78, 5) is 136. The number of esters is 6. The number of imidazole rings is 2. The number of aliphatic hydroxyl groups is 1. The molecule has 0 unspecified atom stereocenters. The van der Waals surface area contributed by atoms with Crippen molar-refractivity contribution < 1.29 is 108 Å². The van der Waals surface area contributed by atoms with E-state index in [9.17, 15) is 57.4 Å². The third kappa shape index (κ3) is 36.9. The van der Waals surface area contributed by atoms with Crippen molar-refractivity contribution in [2.24, 2.45) is 0 Å². The summed E-state index contributed by atoms with van der Waals surface area (Å²) in [6.45, 7) is 34.6. The van der Waals surface area contributed by atoms with E-state index in [1.807, 2.05) is 6.92 Å². The molecule has 0 fully saturated rings. The van der Waals surface area contributed by atoms with Gasteiger partial charge in [-0.15, -0.1) is 0 Å². The number of nitrogens with two attached hydrogens (primary N) is 1. The quantitative estimate of drug-likeness (QED) is 0.00807. The van der Waals surface area contributed by atoms with Crippen LogP contribution in [-0.2, 0) is 107 Å². The van der Waals surface area contributed by atoms with Crippen molar-refractivity contribution in [2.75, 3.05) is 50.2 Å². The van der Waals surface area contributed by atoms with Crippen LogP contribution < -0.4 is 43.0 Å². The van der Waals surface area contributed by atoms with E-state index in [0.717, 1.165) is 89.9 Å². The molecular formula is C79H130N14O25P2. The maximum absolute atomic E-state index is 14.7. The average molecular weight is 1740 g/mol. The van der Waals surface area contributed by atoms with Crippen molar-refractivity contribution in [2.45, 2.75) is 326 Å². The summed E-state index contributed by atoms with van der Waals surface area (Å²) in [7, 11) is -7.68. The molecule has 8 N–H and O–H groups in total. The summed E-state index contributed by atoms with van der Waals surface area (Å²) in [6, 6.07) is 0. The van der Waals surface area contributed by atoms with E-state index in [1.165, 1.54) is 60.5 Å². The summed E-state index contributed by atoms with van der Waals surface area (Å²) in [5, 5.41) is 23.6. The van der Waals surface area contributed by atoms with Crippen LogP contribution in [0.25, 0.3) is 22.3 Å². The van der Waals surface area contributed by atoms with E-state index >= 15 is 0 Å². The molecule has 0 aromatic carbocycles. The van der Waals surface area contributed by atoms with Gasteiger partial charge in [0.2, 0.25) is 14.9 Å². The van der Waals surface area contributed by atoms with Crippen LogP contribution in [0.2, 0.25) is 0 Å². The number of hydrogen-bond acceptors (Lipinski definition) is 32. The molecule has 1 amide bonds. The second-order valence-corrected chi connectivity index (χ2v) is 37.0.